The van der Waals surface area contributed by atoms with Crippen molar-refractivity contribution in [1.29, 1.82) is 0 Å². The van der Waals surface area contributed by atoms with Gasteiger partial charge in [0, 0.05) is 39.0 Å². The van der Waals surface area contributed by atoms with Crippen LogP contribution in [-0.4, -0.2) is 35.5 Å². The van der Waals surface area contributed by atoms with Crippen molar-refractivity contribution in [3.63, 3.8) is 0 Å². The van der Waals surface area contributed by atoms with Crippen LogP contribution in [0.3, 0.4) is 0 Å². The molecule has 2 N–H and O–H groups in total. The molecule has 0 aromatic carbocycles. The number of aliphatic imine (C=N–C) groups is 1. The molecule has 1 aliphatic carbocycles. The van der Waals surface area contributed by atoms with E-state index in [1.54, 1.807) is 0 Å². The van der Waals surface area contributed by atoms with Crippen LogP contribution in [0.2, 0.25) is 0 Å². The van der Waals surface area contributed by atoms with E-state index in [0.29, 0.717) is 5.41 Å². The Hall–Kier alpha value is -1.31. The van der Waals surface area contributed by atoms with Gasteiger partial charge >= 0.3 is 0 Å². The molecule has 0 amide bonds. The van der Waals surface area contributed by atoms with E-state index in [2.05, 4.69) is 38.1 Å². The number of nitrogens with zero attached hydrogens (tertiary/aromatic N) is 3. The normalized spacial score (nSPS) is 16.6. The molecule has 0 radical (unpaired) electrons. The highest BCUT2D eigenvalue weighted by atomic mass is 127. The highest BCUT2D eigenvalue weighted by Crippen LogP contribution is 2.40. The lowest BCUT2D eigenvalue weighted by molar-refractivity contribution is 0.283. The van der Waals surface area contributed by atoms with Crippen molar-refractivity contribution in [2.24, 2.45) is 10.4 Å². The third-order valence-corrected chi connectivity index (χ3v) is 5.36. The van der Waals surface area contributed by atoms with E-state index in [9.17, 15) is 0 Å². The highest BCUT2D eigenvalue weighted by Gasteiger charge is 2.31. The van der Waals surface area contributed by atoms with Gasteiger partial charge in [0.05, 0.1) is 5.69 Å². The SMILES string of the molecule is CCC1(CNC(=NC)NCCc2cn3ccccc3n2)CCCC1.I. The summed E-state index contributed by atoms with van der Waals surface area (Å²) in [4.78, 5) is 8.99. The number of rotatable bonds is 6. The van der Waals surface area contributed by atoms with E-state index < -0.39 is 0 Å². The first kappa shape index (κ1) is 20.0. The molecule has 1 saturated carbocycles. The minimum atomic E-state index is 0. The number of nitrogens with one attached hydrogen (secondary N) is 2. The van der Waals surface area contributed by atoms with Crippen molar-refractivity contribution in [1.82, 2.24) is 20.0 Å². The highest BCUT2D eigenvalue weighted by molar-refractivity contribution is 14.0. The molecule has 2 heterocycles. The topological polar surface area (TPSA) is 53.7 Å². The van der Waals surface area contributed by atoms with Gasteiger partial charge in [-0.15, -0.1) is 24.0 Å². The summed E-state index contributed by atoms with van der Waals surface area (Å²) in [6.45, 7) is 4.17. The van der Waals surface area contributed by atoms with E-state index >= 15 is 0 Å². The Balaban J connectivity index is 0.00000225. The van der Waals surface area contributed by atoms with Gasteiger partial charge in [-0.1, -0.05) is 25.8 Å². The second kappa shape index (κ2) is 9.40. The van der Waals surface area contributed by atoms with E-state index in [4.69, 9.17) is 0 Å². The number of hydrogen-bond donors (Lipinski definition) is 2. The van der Waals surface area contributed by atoms with Crippen molar-refractivity contribution in [3.8, 4) is 0 Å². The van der Waals surface area contributed by atoms with Gasteiger partial charge in [0.1, 0.15) is 5.65 Å². The summed E-state index contributed by atoms with van der Waals surface area (Å²) >= 11 is 0. The molecular formula is C19H30IN5. The van der Waals surface area contributed by atoms with Crippen LogP contribution >= 0.6 is 24.0 Å². The van der Waals surface area contributed by atoms with Gasteiger partial charge in [-0.3, -0.25) is 4.99 Å². The maximum atomic E-state index is 4.63. The van der Waals surface area contributed by atoms with E-state index in [-0.39, 0.29) is 24.0 Å². The van der Waals surface area contributed by atoms with E-state index in [0.717, 1.165) is 36.8 Å². The van der Waals surface area contributed by atoms with Crippen molar-refractivity contribution < 1.29 is 0 Å². The van der Waals surface area contributed by atoms with Gasteiger partial charge in [0.15, 0.2) is 5.96 Å². The molecule has 0 spiro atoms. The van der Waals surface area contributed by atoms with Gasteiger partial charge in [-0.25, -0.2) is 4.98 Å². The molecule has 3 rings (SSSR count). The molecule has 25 heavy (non-hydrogen) atoms. The summed E-state index contributed by atoms with van der Waals surface area (Å²) in [5.41, 5.74) is 2.57. The average molecular weight is 455 g/mol. The fraction of sp³-hybridized carbons (Fsp3) is 0.579. The van der Waals surface area contributed by atoms with Crippen molar-refractivity contribution in [3.05, 3.63) is 36.3 Å². The minimum absolute atomic E-state index is 0. The maximum absolute atomic E-state index is 4.63. The second-order valence-corrected chi connectivity index (χ2v) is 6.86. The molecule has 1 aliphatic rings. The van der Waals surface area contributed by atoms with Crippen LogP contribution in [0.4, 0.5) is 0 Å². The van der Waals surface area contributed by atoms with Gasteiger partial charge in [0.2, 0.25) is 0 Å². The zero-order valence-electron chi connectivity index (χ0n) is 15.3. The number of aromatic nitrogens is 2. The molecule has 0 atom stereocenters. The van der Waals surface area contributed by atoms with Crippen LogP contribution in [0.5, 0.6) is 0 Å². The first-order chi connectivity index (χ1) is 11.7. The number of guanidine groups is 1. The van der Waals surface area contributed by atoms with Crippen molar-refractivity contribution in [2.75, 3.05) is 20.1 Å². The molecule has 1 fully saturated rings. The monoisotopic (exact) mass is 455 g/mol. The summed E-state index contributed by atoms with van der Waals surface area (Å²) in [6.07, 6.45) is 11.7. The number of halogens is 1. The Kier molecular flexibility index (Phi) is 7.53. The molecule has 6 heteroatoms. The molecule has 2 aromatic rings. The molecule has 0 aliphatic heterocycles. The molecule has 5 nitrogen and oxygen atoms in total. The van der Waals surface area contributed by atoms with Crippen LogP contribution in [-0.2, 0) is 6.42 Å². The number of pyridine rings is 1. The average Bonchev–Trinajstić information content (AvgIpc) is 3.24. The zero-order chi connectivity index (χ0) is 16.8. The fourth-order valence-corrected chi connectivity index (χ4v) is 3.69. The minimum Gasteiger partial charge on any atom is -0.356 e. The lowest BCUT2D eigenvalue weighted by atomic mass is 9.83. The summed E-state index contributed by atoms with van der Waals surface area (Å²) in [5.74, 6) is 0.901. The smallest absolute Gasteiger partial charge is 0.191 e. The summed E-state index contributed by atoms with van der Waals surface area (Å²) in [5, 5.41) is 6.95. The van der Waals surface area contributed by atoms with Gasteiger partial charge in [-0.2, -0.15) is 0 Å². The number of hydrogen-bond acceptors (Lipinski definition) is 2. The van der Waals surface area contributed by atoms with Crippen LogP contribution in [0, 0.1) is 5.41 Å². The van der Waals surface area contributed by atoms with E-state index in [1.165, 1.54) is 32.1 Å². The Labute approximate surface area is 167 Å². The molecule has 0 unspecified atom stereocenters. The Morgan fingerprint density at radius 1 is 1.28 bits per heavy atom. The third kappa shape index (κ3) is 5.09. The van der Waals surface area contributed by atoms with Gasteiger partial charge in [0.25, 0.3) is 0 Å². The van der Waals surface area contributed by atoms with Crippen molar-refractivity contribution >= 4 is 35.6 Å². The molecule has 138 valence electrons. The van der Waals surface area contributed by atoms with Gasteiger partial charge in [-0.05, 0) is 36.8 Å². The van der Waals surface area contributed by atoms with Crippen LogP contribution < -0.4 is 10.6 Å². The predicted octanol–water partition coefficient (Wildman–Crippen LogP) is 3.63. The lowest BCUT2D eigenvalue weighted by Crippen LogP contribution is -2.43. The number of imidazole rings is 1. The first-order valence-corrected chi connectivity index (χ1v) is 9.12. The van der Waals surface area contributed by atoms with E-state index in [1.807, 2.05) is 31.4 Å². The van der Waals surface area contributed by atoms with Crippen LogP contribution in [0.1, 0.15) is 44.7 Å². The first-order valence-electron chi connectivity index (χ1n) is 9.12. The van der Waals surface area contributed by atoms with Gasteiger partial charge < -0.3 is 15.0 Å². The molecule has 2 aromatic heterocycles. The standard InChI is InChI=1S/C19H29N5.HI/c1-3-19(10-5-6-11-19)15-22-18(20-2)21-12-9-16-14-24-13-7-4-8-17(24)23-16;/h4,7-8,13-14H,3,5-6,9-12,15H2,1-2H3,(H2,20,21,22);1H. The zero-order valence-corrected chi connectivity index (χ0v) is 17.6. The molecular weight excluding hydrogens is 425 g/mol. The Bertz CT molecular complexity index is 655. The Morgan fingerprint density at radius 3 is 2.76 bits per heavy atom. The summed E-state index contributed by atoms with van der Waals surface area (Å²) in [6, 6.07) is 6.07. The maximum Gasteiger partial charge on any atom is 0.191 e. The quantitative estimate of drug-likeness (QED) is 0.398. The Morgan fingerprint density at radius 2 is 2.08 bits per heavy atom. The summed E-state index contributed by atoms with van der Waals surface area (Å²) < 4.78 is 2.06. The third-order valence-electron chi connectivity index (χ3n) is 5.36. The molecule has 0 bridgehead atoms. The molecule has 0 saturated heterocycles. The number of fused-ring (bicyclic) bond motifs is 1. The van der Waals surface area contributed by atoms with Crippen LogP contribution in [0.25, 0.3) is 5.65 Å². The largest absolute Gasteiger partial charge is 0.356 e. The van der Waals surface area contributed by atoms with Crippen LogP contribution in [0.15, 0.2) is 35.6 Å². The summed E-state index contributed by atoms with van der Waals surface area (Å²) in [7, 11) is 1.84. The van der Waals surface area contributed by atoms with Crippen molar-refractivity contribution in [2.45, 2.75) is 45.4 Å². The fourth-order valence-electron chi connectivity index (χ4n) is 3.69. The predicted molar refractivity (Wildman–Crippen MR) is 115 cm³/mol. The lowest BCUT2D eigenvalue weighted by Gasteiger charge is -2.28. The second-order valence-electron chi connectivity index (χ2n) is 6.86.